The molecule has 1 aromatic carbocycles. The van der Waals surface area contributed by atoms with Crippen LogP contribution in [0.1, 0.15) is 37.0 Å². The molecular formula is C15H19BrN2O3. The highest BCUT2D eigenvalue weighted by atomic mass is 79.9. The molecule has 0 unspecified atom stereocenters. The Balaban J connectivity index is 2.07. The molecule has 1 saturated heterocycles. The van der Waals surface area contributed by atoms with E-state index in [0.717, 1.165) is 25.9 Å². The van der Waals surface area contributed by atoms with Gasteiger partial charge in [-0.25, -0.2) is 9.59 Å². The molecule has 0 atom stereocenters. The molecule has 0 radical (unpaired) electrons. The molecule has 5 nitrogen and oxygen atoms in total. The third-order valence-electron chi connectivity index (χ3n) is 3.65. The molecule has 2 N–H and O–H groups in total. The first kappa shape index (κ1) is 15.8. The summed E-state index contributed by atoms with van der Waals surface area (Å²) in [5.74, 6) is -0.994. The zero-order valence-corrected chi connectivity index (χ0v) is 13.7. The molecule has 1 aliphatic heterocycles. The number of urea groups is 1. The van der Waals surface area contributed by atoms with Crippen molar-refractivity contribution in [2.45, 2.75) is 26.7 Å². The van der Waals surface area contributed by atoms with E-state index < -0.39 is 5.97 Å². The Hall–Kier alpha value is -1.56. The number of carbonyl (C=O) groups excluding carboxylic acids is 1. The number of rotatable bonds is 2. The molecule has 0 saturated carbocycles. The van der Waals surface area contributed by atoms with Gasteiger partial charge in [0.25, 0.3) is 0 Å². The Morgan fingerprint density at radius 2 is 2.10 bits per heavy atom. The first-order valence-electron chi connectivity index (χ1n) is 6.87. The van der Waals surface area contributed by atoms with Gasteiger partial charge >= 0.3 is 12.0 Å². The number of nitrogens with one attached hydrogen (secondary N) is 1. The number of piperidine rings is 1. The fourth-order valence-electron chi connectivity index (χ4n) is 2.54. The number of benzene rings is 1. The summed E-state index contributed by atoms with van der Waals surface area (Å²) in [5, 5.41) is 11.8. The van der Waals surface area contributed by atoms with E-state index in [1.165, 1.54) is 12.1 Å². The van der Waals surface area contributed by atoms with Gasteiger partial charge in [0, 0.05) is 17.6 Å². The minimum absolute atomic E-state index is 0.139. The second kappa shape index (κ2) is 6.05. The van der Waals surface area contributed by atoms with E-state index in [1.807, 2.05) is 0 Å². The van der Waals surface area contributed by atoms with Crippen molar-refractivity contribution in [2.24, 2.45) is 5.41 Å². The smallest absolute Gasteiger partial charge is 0.335 e. The summed E-state index contributed by atoms with van der Waals surface area (Å²) in [6.07, 6.45) is 2.12. The van der Waals surface area contributed by atoms with E-state index in [2.05, 4.69) is 35.1 Å². The molecule has 0 spiro atoms. The van der Waals surface area contributed by atoms with Gasteiger partial charge in [-0.05, 0) is 52.4 Å². The minimum atomic E-state index is -0.994. The highest BCUT2D eigenvalue weighted by Gasteiger charge is 2.29. The van der Waals surface area contributed by atoms with Crippen molar-refractivity contribution in [3.8, 4) is 0 Å². The number of aromatic carboxylic acids is 1. The van der Waals surface area contributed by atoms with Crippen LogP contribution in [0.5, 0.6) is 0 Å². The van der Waals surface area contributed by atoms with Crippen LogP contribution < -0.4 is 5.32 Å². The average molecular weight is 355 g/mol. The van der Waals surface area contributed by atoms with Crippen LogP contribution in [0.3, 0.4) is 0 Å². The summed E-state index contributed by atoms with van der Waals surface area (Å²) in [4.78, 5) is 25.0. The number of hydrogen-bond donors (Lipinski definition) is 2. The number of amides is 2. The fraction of sp³-hybridized carbons (Fsp3) is 0.467. The zero-order valence-electron chi connectivity index (χ0n) is 12.1. The van der Waals surface area contributed by atoms with Crippen molar-refractivity contribution in [1.29, 1.82) is 0 Å². The largest absolute Gasteiger partial charge is 0.478 e. The second-order valence-electron chi connectivity index (χ2n) is 6.12. The van der Waals surface area contributed by atoms with Gasteiger partial charge in [0.15, 0.2) is 0 Å². The van der Waals surface area contributed by atoms with Crippen molar-refractivity contribution in [3.63, 3.8) is 0 Å². The Morgan fingerprint density at radius 3 is 2.67 bits per heavy atom. The van der Waals surface area contributed by atoms with Crippen LogP contribution in [0.4, 0.5) is 10.5 Å². The number of halogens is 1. The van der Waals surface area contributed by atoms with E-state index >= 15 is 0 Å². The summed E-state index contributed by atoms with van der Waals surface area (Å²) in [6, 6.07) is 4.41. The van der Waals surface area contributed by atoms with Crippen LogP contribution in [-0.2, 0) is 0 Å². The number of carboxylic acid groups (broad SMARTS) is 1. The average Bonchev–Trinajstić information content (AvgIpc) is 2.39. The Labute approximate surface area is 132 Å². The third kappa shape index (κ3) is 3.97. The summed E-state index contributed by atoms with van der Waals surface area (Å²) in [5.41, 5.74) is 0.896. The van der Waals surface area contributed by atoms with Crippen LogP contribution in [0.15, 0.2) is 22.7 Å². The number of hydrogen-bond acceptors (Lipinski definition) is 2. The van der Waals surface area contributed by atoms with Gasteiger partial charge in [0.2, 0.25) is 0 Å². The molecule has 0 bridgehead atoms. The maximum absolute atomic E-state index is 12.3. The van der Waals surface area contributed by atoms with Crippen LogP contribution in [0.25, 0.3) is 0 Å². The topological polar surface area (TPSA) is 69.6 Å². The van der Waals surface area contributed by atoms with Crippen molar-refractivity contribution in [3.05, 3.63) is 28.2 Å². The van der Waals surface area contributed by atoms with Gasteiger partial charge in [-0.15, -0.1) is 0 Å². The first-order chi connectivity index (χ1) is 9.78. The maximum atomic E-state index is 12.3. The Kier molecular flexibility index (Phi) is 4.56. The number of carbonyl (C=O) groups is 2. The van der Waals surface area contributed by atoms with Crippen LogP contribution in [-0.4, -0.2) is 35.1 Å². The standard InChI is InChI=1S/C15H19BrN2O3/c1-15(2)6-3-7-18(9-15)14(21)17-12-5-4-10(13(19)20)8-11(12)16/h4-5,8H,3,6-7,9H2,1-2H3,(H,17,21)(H,19,20). The number of likely N-dealkylation sites (tertiary alicyclic amines) is 1. The van der Waals surface area contributed by atoms with E-state index in [9.17, 15) is 9.59 Å². The molecule has 114 valence electrons. The highest BCUT2D eigenvalue weighted by molar-refractivity contribution is 9.10. The van der Waals surface area contributed by atoms with Gasteiger partial charge in [-0.2, -0.15) is 0 Å². The summed E-state index contributed by atoms with van der Waals surface area (Å²) in [6.45, 7) is 5.79. The lowest BCUT2D eigenvalue weighted by molar-refractivity contribution is 0.0697. The van der Waals surface area contributed by atoms with E-state index in [1.54, 1.807) is 11.0 Å². The zero-order chi connectivity index (χ0) is 15.6. The molecule has 0 aliphatic carbocycles. The Bertz CT molecular complexity index is 572. The summed E-state index contributed by atoms with van der Waals surface area (Å²) < 4.78 is 0.562. The van der Waals surface area contributed by atoms with E-state index in [4.69, 9.17) is 5.11 Å². The monoisotopic (exact) mass is 354 g/mol. The van der Waals surface area contributed by atoms with Gasteiger partial charge in [0.05, 0.1) is 11.3 Å². The van der Waals surface area contributed by atoms with Crippen molar-refractivity contribution >= 4 is 33.6 Å². The molecule has 1 fully saturated rings. The SMILES string of the molecule is CC1(C)CCCN(C(=O)Nc2ccc(C(=O)O)cc2Br)C1. The van der Waals surface area contributed by atoms with Gasteiger partial charge < -0.3 is 15.3 Å². The Morgan fingerprint density at radius 1 is 1.38 bits per heavy atom. The summed E-state index contributed by atoms with van der Waals surface area (Å²) >= 11 is 3.29. The molecule has 1 aromatic rings. The van der Waals surface area contributed by atoms with Crippen LogP contribution in [0, 0.1) is 5.41 Å². The molecule has 21 heavy (non-hydrogen) atoms. The molecule has 1 aliphatic rings. The molecular weight excluding hydrogens is 336 g/mol. The van der Waals surface area contributed by atoms with Crippen molar-refractivity contribution in [1.82, 2.24) is 4.90 Å². The number of nitrogens with zero attached hydrogens (tertiary/aromatic N) is 1. The molecule has 2 rings (SSSR count). The lowest BCUT2D eigenvalue weighted by Gasteiger charge is -2.38. The number of anilines is 1. The quantitative estimate of drug-likeness (QED) is 0.848. The van der Waals surface area contributed by atoms with E-state index in [-0.39, 0.29) is 17.0 Å². The first-order valence-corrected chi connectivity index (χ1v) is 7.67. The van der Waals surface area contributed by atoms with Crippen molar-refractivity contribution < 1.29 is 14.7 Å². The summed E-state index contributed by atoms with van der Waals surface area (Å²) in [7, 11) is 0. The highest BCUT2D eigenvalue weighted by Crippen LogP contribution is 2.29. The maximum Gasteiger partial charge on any atom is 0.335 e. The molecule has 2 amide bonds. The second-order valence-corrected chi connectivity index (χ2v) is 6.97. The van der Waals surface area contributed by atoms with Gasteiger partial charge in [0.1, 0.15) is 0 Å². The number of carboxylic acids is 1. The van der Waals surface area contributed by atoms with Gasteiger partial charge in [-0.1, -0.05) is 13.8 Å². The molecule has 0 aromatic heterocycles. The minimum Gasteiger partial charge on any atom is -0.478 e. The van der Waals surface area contributed by atoms with E-state index in [0.29, 0.717) is 10.2 Å². The fourth-order valence-corrected chi connectivity index (χ4v) is 3.02. The normalized spacial score (nSPS) is 17.4. The van der Waals surface area contributed by atoms with Crippen LogP contribution >= 0.6 is 15.9 Å². The lowest BCUT2D eigenvalue weighted by Crippen LogP contribution is -2.45. The third-order valence-corrected chi connectivity index (χ3v) is 4.30. The van der Waals surface area contributed by atoms with Gasteiger partial charge in [-0.3, -0.25) is 0 Å². The van der Waals surface area contributed by atoms with Crippen molar-refractivity contribution in [2.75, 3.05) is 18.4 Å². The predicted octanol–water partition coefficient (Wildman–Crippen LogP) is 3.80. The predicted molar refractivity (Wildman–Crippen MR) is 84.7 cm³/mol. The molecule has 6 heteroatoms. The van der Waals surface area contributed by atoms with Crippen LogP contribution in [0.2, 0.25) is 0 Å². The molecule has 1 heterocycles. The lowest BCUT2D eigenvalue weighted by atomic mass is 9.84.